The van der Waals surface area contributed by atoms with Crippen molar-refractivity contribution < 1.29 is 24.2 Å². The molecule has 0 bridgehead atoms. The number of aliphatic hydroxyl groups excluding tert-OH is 1. The summed E-state index contributed by atoms with van der Waals surface area (Å²) in [6, 6.07) is 0. The zero-order chi connectivity index (χ0) is 9.84. The highest BCUT2D eigenvalue weighted by molar-refractivity contribution is 14.1. The zero-order valence-corrected chi connectivity index (χ0v) is 8.89. The van der Waals surface area contributed by atoms with Gasteiger partial charge in [0.25, 0.3) is 0 Å². The molecular formula is C7H9IO5. The van der Waals surface area contributed by atoms with Crippen molar-refractivity contribution in [3.05, 3.63) is 0 Å². The number of rotatable bonds is 2. The first kappa shape index (κ1) is 10.7. The molecule has 0 unspecified atom stereocenters. The van der Waals surface area contributed by atoms with Crippen LogP contribution in [-0.4, -0.2) is 33.9 Å². The van der Waals surface area contributed by atoms with Gasteiger partial charge in [0.2, 0.25) is 0 Å². The molecule has 0 aromatic carbocycles. The van der Waals surface area contributed by atoms with Crippen molar-refractivity contribution in [1.82, 2.24) is 0 Å². The van der Waals surface area contributed by atoms with Crippen LogP contribution in [0.25, 0.3) is 0 Å². The van der Waals surface area contributed by atoms with Gasteiger partial charge in [-0.05, 0) is 0 Å². The fourth-order valence-electron chi connectivity index (χ4n) is 1.12. The van der Waals surface area contributed by atoms with Gasteiger partial charge in [-0.3, -0.25) is 4.79 Å². The summed E-state index contributed by atoms with van der Waals surface area (Å²) >= 11 is 1.49. The molecule has 1 fully saturated rings. The molecule has 1 N–H and O–H groups in total. The monoisotopic (exact) mass is 300 g/mol. The average Bonchev–Trinajstić information content (AvgIpc) is 1.99. The molecule has 0 saturated carbocycles. The zero-order valence-electron chi connectivity index (χ0n) is 6.73. The molecule has 1 rings (SSSR count). The van der Waals surface area contributed by atoms with Crippen molar-refractivity contribution in [1.29, 1.82) is 0 Å². The molecule has 5 nitrogen and oxygen atoms in total. The SMILES string of the molecule is O=C(I)OC[C@@H]1C[C@@H](O)CC(=O)O1. The van der Waals surface area contributed by atoms with Crippen LogP contribution in [-0.2, 0) is 14.3 Å². The number of halogens is 1. The molecule has 13 heavy (non-hydrogen) atoms. The predicted octanol–water partition coefficient (Wildman–Crippen LogP) is 0.624. The lowest BCUT2D eigenvalue weighted by molar-refractivity contribution is -0.162. The highest BCUT2D eigenvalue weighted by Crippen LogP contribution is 2.15. The smallest absolute Gasteiger partial charge is 0.367 e. The van der Waals surface area contributed by atoms with E-state index in [1.165, 1.54) is 22.6 Å². The summed E-state index contributed by atoms with van der Waals surface area (Å²) in [5.41, 5.74) is 0. The van der Waals surface area contributed by atoms with Crippen LogP contribution in [0, 0.1) is 0 Å². The predicted molar refractivity (Wildman–Crippen MR) is 50.5 cm³/mol. The number of esters is 1. The Bertz CT molecular complexity index is 217. The van der Waals surface area contributed by atoms with Crippen molar-refractivity contribution >= 4 is 32.5 Å². The van der Waals surface area contributed by atoms with Gasteiger partial charge in [0.1, 0.15) is 12.7 Å². The molecule has 1 heterocycles. The number of carbonyl (C=O) groups excluding carboxylic acids is 2. The number of carbonyl (C=O) groups is 2. The van der Waals surface area contributed by atoms with Crippen molar-refractivity contribution in [2.24, 2.45) is 0 Å². The number of hydrogen-bond acceptors (Lipinski definition) is 5. The topological polar surface area (TPSA) is 72.8 Å². The molecule has 1 aliphatic heterocycles. The number of ether oxygens (including phenoxy) is 2. The Balaban J connectivity index is 2.33. The van der Waals surface area contributed by atoms with Gasteiger partial charge in [-0.2, -0.15) is 0 Å². The fraction of sp³-hybridized carbons (Fsp3) is 0.714. The Morgan fingerprint density at radius 1 is 1.77 bits per heavy atom. The normalized spacial score (nSPS) is 28.0. The molecule has 1 aliphatic rings. The van der Waals surface area contributed by atoms with Crippen LogP contribution >= 0.6 is 22.6 Å². The van der Waals surface area contributed by atoms with Gasteiger partial charge in [0.05, 0.1) is 35.1 Å². The first-order valence-corrected chi connectivity index (χ1v) is 4.85. The van der Waals surface area contributed by atoms with E-state index < -0.39 is 22.2 Å². The maximum absolute atomic E-state index is 10.8. The molecule has 0 spiro atoms. The highest BCUT2D eigenvalue weighted by atomic mass is 127. The highest BCUT2D eigenvalue weighted by Gasteiger charge is 2.27. The molecule has 0 radical (unpaired) electrons. The molecule has 6 heteroatoms. The molecule has 74 valence electrons. The van der Waals surface area contributed by atoms with Crippen LogP contribution in [0.15, 0.2) is 0 Å². The van der Waals surface area contributed by atoms with Crippen LogP contribution in [0.2, 0.25) is 0 Å². The van der Waals surface area contributed by atoms with E-state index >= 15 is 0 Å². The quantitative estimate of drug-likeness (QED) is 0.460. The molecule has 0 aliphatic carbocycles. The van der Waals surface area contributed by atoms with Crippen LogP contribution in [0.3, 0.4) is 0 Å². The Morgan fingerprint density at radius 2 is 2.46 bits per heavy atom. The van der Waals surface area contributed by atoms with Crippen molar-refractivity contribution in [3.63, 3.8) is 0 Å². The minimum absolute atomic E-state index is 0.0184. The van der Waals surface area contributed by atoms with Crippen molar-refractivity contribution in [2.45, 2.75) is 25.0 Å². The van der Waals surface area contributed by atoms with Gasteiger partial charge in [-0.15, -0.1) is 0 Å². The Hall–Kier alpha value is -0.370. The summed E-state index contributed by atoms with van der Waals surface area (Å²) in [4.78, 5) is 21.2. The van der Waals surface area contributed by atoms with Gasteiger partial charge in [-0.25, -0.2) is 4.79 Å². The van der Waals surface area contributed by atoms with Crippen LogP contribution in [0.4, 0.5) is 4.79 Å². The third-order valence-corrected chi connectivity index (χ3v) is 1.93. The first-order valence-electron chi connectivity index (χ1n) is 3.77. The maximum Gasteiger partial charge on any atom is 0.367 e. The lowest BCUT2D eigenvalue weighted by Crippen LogP contribution is -2.35. The van der Waals surface area contributed by atoms with Gasteiger partial charge < -0.3 is 14.6 Å². The van der Waals surface area contributed by atoms with Crippen LogP contribution in [0.5, 0.6) is 0 Å². The van der Waals surface area contributed by atoms with Gasteiger partial charge in [0, 0.05) is 6.42 Å². The van der Waals surface area contributed by atoms with Gasteiger partial charge in [-0.1, -0.05) is 0 Å². The molecule has 2 atom stereocenters. The lowest BCUT2D eigenvalue weighted by Gasteiger charge is -2.25. The van der Waals surface area contributed by atoms with Gasteiger partial charge in [0.15, 0.2) is 0 Å². The standard InChI is InChI=1S/C7H9IO5/c8-7(11)12-3-5-1-4(9)2-6(10)13-5/h4-5,9H,1-3H2/t4-,5+/m1/s1. The van der Waals surface area contributed by atoms with Crippen LogP contribution in [0.1, 0.15) is 12.8 Å². The molecule has 1 saturated heterocycles. The van der Waals surface area contributed by atoms with E-state index in [9.17, 15) is 14.7 Å². The summed E-state index contributed by atoms with van der Waals surface area (Å²) < 4.78 is 9.01. The summed E-state index contributed by atoms with van der Waals surface area (Å²) in [7, 11) is 0. The van der Waals surface area contributed by atoms with E-state index in [4.69, 9.17) is 4.74 Å². The fourth-order valence-corrected chi connectivity index (χ4v) is 1.30. The second-order valence-electron chi connectivity index (χ2n) is 2.75. The summed E-state index contributed by atoms with van der Waals surface area (Å²) in [6.45, 7) is 0.0184. The van der Waals surface area contributed by atoms with Crippen LogP contribution < -0.4 is 0 Å². The maximum atomic E-state index is 10.8. The second-order valence-corrected chi connectivity index (χ2v) is 3.63. The third kappa shape index (κ3) is 3.90. The Kier molecular flexibility index (Phi) is 3.91. The first-order chi connectivity index (χ1) is 6.08. The second kappa shape index (κ2) is 4.75. The molecule has 0 aromatic heterocycles. The van der Waals surface area contributed by atoms with E-state index in [-0.39, 0.29) is 13.0 Å². The summed E-state index contributed by atoms with van der Waals surface area (Å²) in [5.74, 6) is -0.451. The van der Waals surface area contributed by atoms with E-state index in [1.54, 1.807) is 0 Å². The van der Waals surface area contributed by atoms with Gasteiger partial charge >= 0.3 is 9.95 Å². The summed E-state index contributed by atoms with van der Waals surface area (Å²) in [5, 5.41) is 9.17. The third-order valence-electron chi connectivity index (χ3n) is 1.62. The van der Waals surface area contributed by atoms with E-state index in [2.05, 4.69) is 4.74 Å². The number of cyclic esters (lactones) is 1. The van der Waals surface area contributed by atoms with E-state index in [0.717, 1.165) is 0 Å². The Labute approximate surface area is 88.5 Å². The molecule has 0 amide bonds. The minimum atomic E-state index is -0.681. The molecule has 0 aromatic rings. The van der Waals surface area contributed by atoms with E-state index in [1.807, 2.05) is 0 Å². The van der Waals surface area contributed by atoms with Crippen molar-refractivity contribution in [2.75, 3.05) is 6.61 Å². The summed E-state index contributed by atoms with van der Waals surface area (Å²) in [6.07, 6.45) is -0.834. The average molecular weight is 300 g/mol. The minimum Gasteiger partial charge on any atom is -0.459 e. The largest absolute Gasteiger partial charge is 0.459 e. The lowest BCUT2D eigenvalue weighted by atomic mass is 10.1. The molecular weight excluding hydrogens is 291 g/mol. The number of aliphatic hydroxyl groups is 1. The number of hydrogen-bond donors (Lipinski definition) is 1. The van der Waals surface area contributed by atoms with E-state index in [0.29, 0.717) is 6.42 Å². The Morgan fingerprint density at radius 3 is 3.00 bits per heavy atom. The van der Waals surface area contributed by atoms with Crippen molar-refractivity contribution in [3.8, 4) is 0 Å².